The van der Waals surface area contributed by atoms with Gasteiger partial charge < -0.3 is 14.8 Å². The number of nitrogens with zero attached hydrogens (tertiary/aromatic N) is 2. The number of nitrogens with one attached hydrogen (secondary N) is 1. The number of carbonyl (C=O) groups is 2. The van der Waals surface area contributed by atoms with Crippen molar-refractivity contribution in [2.45, 2.75) is 49.7 Å². The van der Waals surface area contributed by atoms with Crippen molar-refractivity contribution in [1.82, 2.24) is 5.32 Å². The first-order valence-electron chi connectivity index (χ1n) is 8.93. The molecule has 0 bridgehead atoms. The van der Waals surface area contributed by atoms with Crippen LogP contribution in [0, 0.1) is 12.3 Å². The van der Waals surface area contributed by atoms with Crippen LogP contribution in [0.5, 0.6) is 5.75 Å². The molecule has 1 heterocycles. The fourth-order valence-electron chi connectivity index (χ4n) is 3.71. The van der Waals surface area contributed by atoms with E-state index in [9.17, 15) is 9.59 Å². The molecular formula is C20H23N3O4. The first-order chi connectivity index (χ1) is 13.0. The Morgan fingerprint density at radius 3 is 2.70 bits per heavy atom. The van der Waals surface area contributed by atoms with E-state index in [0.717, 1.165) is 11.1 Å². The molecule has 0 aromatic heterocycles. The number of hydrogen-bond donors (Lipinski definition) is 1. The smallest absolute Gasteiger partial charge is 0.336 e. The fourth-order valence-corrected chi connectivity index (χ4v) is 3.71. The molecule has 3 rings (SSSR count). The van der Waals surface area contributed by atoms with Crippen LogP contribution in [0.2, 0.25) is 0 Å². The lowest BCUT2D eigenvalue weighted by molar-refractivity contribution is -0.151. The van der Waals surface area contributed by atoms with E-state index in [0.29, 0.717) is 37.9 Å². The Balaban J connectivity index is 1.76. The van der Waals surface area contributed by atoms with Gasteiger partial charge in [-0.15, -0.1) is 12.3 Å². The first kappa shape index (κ1) is 18.9. The lowest BCUT2D eigenvalue weighted by Crippen LogP contribution is -2.51. The molecular weight excluding hydrogens is 346 g/mol. The van der Waals surface area contributed by atoms with E-state index in [4.69, 9.17) is 15.9 Å². The summed E-state index contributed by atoms with van der Waals surface area (Å²) in [5, 5.41) is 11.0. The van der Waals surface area contributed by atoms with Gasteiger partial charge >= 0.3 is 5.97 Å². The normalized spacial score (nSPS) is 21.1. The zero-order valence-corrected chi connectivity index (χ0v) is 15.6. The highest BCUT2D eigenvalue weighted by molar-refractivity contribution is 5.90. The Morgan fingerprint density at radius 2 is 2.07 bits per heavy atom. The number of esters is 1. The molecule has 0 radical (unpaired) electrons. The van der Waals surface area contributed by atoms with Crippen molar-refractivity contribution in [3.05, 3.63) is 29.3 Å². The van der Waals surface area contributed by atoms with E-state index >= 15 is 0 Å². The van der Waals surface area contributed by atoms with Gasteiger partial charge in [-0.25, -0.2) is 4.79 Å². The van der Waals surface area contributed by atoms with Crippen molar-refractivity contribution >= 4 is 11.9 Å². The highest BCUT2D eigenvalue weighted by Crippen LogP contribution is 2.42. The molecule has 1 atom stereocenters. The molecule has 1 aromatic rings. The van der Waals surface area contributed by atoms with Crippen molar-refractivity contribution in [2.24, 2.45) is 10.2 Å². The second kappa shape index (κ2) is 7.39. The van der Waals surface area contributed by atoms with Crippen LogP contribution in [0.1, 0.15) is 43.2 Å². The van der Waals surface area contributed by atoms with Gasteiger partial charge in [0.2, 0.25) is 5.91 Å². The van der Waals surface area contributed by atoms with Gasteiger partial charge in [-0.1, -0.05) is 12.1 Å². The minimum Gasteiger partial charge on any atom is -0.496 e. The largest absolute Gasteiger partial charge is 0.496 e. The number of rotatable bonds is 8. The van der Waals surface area contributed by atoms with E-state index in [2.05, 4.69) is 21.5 Å². The molecule has 0 spiro atoms. The Morgan fingerprint density at radius 1 is 1.30 bits per heavy atom. The van der Waals surface area contributed by atoms with Crippen LogP contribution in [0.25, 0.3) is 0 Å². The number of hydrogen-bond acceptors (Lipinski definition) is 6. The van der Waals surface area contributed by atoms with Crippen LogP contribution in [-0.2, 0) is 26.3 Å². The maximum absolute atomic E-state index is 12.7. The summed E-state index contributed by atoms with van der Waals surface area (Å²) >= 11 is 0. The zero-order chi connectivity index (χ0) is 19.5. The molecule has 27 heavy (non-hydrogen) atoms. The maximum Gasteiger partial charge on any atom is 0.336 e. The number of benzene rings is 1. The molecule has 0 saturated carbocycles. The van der Waals surface area contributed by atoms with Crippen molar-refractivity contribution in [3.63, 3.8) is 0 Å². The van der Waals surface area contributed by atoms with E-state index in [-0.39, 0.29) is 12.3 Å². The molecule has 1 aliphatic carbocycles. The summed E-state index contributed by atoms with van der Waals surface area (Å²) in [6, 6.07) is 5.49. The van der Waals surface area contributed by atoms with E-state index in [1.165, 1.54) is 7.11 Å². The quantitative estimate of drug-likeness (QED) is 0.563. The summed E-state index contributed by atoms with van der Waals surface area (Å²) in [6.07, 6.45) is 8.21. The van der Waals surface area contributed by atoms with Gasteiger partial charge in [0.25, 0.3) is 0 Å². The molecule has 7 nitrogen and oxygen atoms in total. The van der Waals surface area contributed by atoms with Gasteiger partial charge in [-0.2, -0.15) is 10.2 Å². The molecule has 1 amide bonds. The highest BCUT2D eigenvalue weighted by Gasteiger charge is 2.49. The second-order valence-electron chi connectivity index (χ2n) is 6.82. The van der Waals surface area contributed by atoms with Gasteiger partial charge in [-0.05, 0) is 24.5 Å². The molecule has 1 unspecified atom stereocenters. The lowest BCUT2D eigenvalue weighted by atomic mass is 9.91. The predicted molar refractivity (Wildman–Crippen MR) is 98.0 cm³/mol. The number of carbonyl (C=O) groups excluding carboxylic acids is 2. The Labute approximate surface area is 158 Å². The van der Waals surface area contributed by atoms with Crippen molar-refractivity contribution in [2.75, 3.05) is 14.2 Å². The Kier molecular flexibility index (Phi) is 5.17. The van der Waals surface area contributed by atoms with Gasteiger partial charge in [0.1, 0.15) is 5.75 Å². The van der Waals surface area contributed by atoms with Crippen molar-refractivity contribution in [1.29, 1.82) is 0 Å². The predicted octanol–water partition coefficient (Wildman–Crippen LogP) is 2.48. The van der Waals surface area contributed by atoms with Crippen LogP contribution in [-0.4, -0.2) is 31.8 Å². The van der Waals surface area contributed by atoms with Gasteiger partial charge in [0, 0.05) is 31.2 Å². The number of fused-ring (bicyclic) bond motifs is 1. The first-order valence-corrected chi connectivity index (χ1v) is 8.93. The third-order valence-corrected chi connectivity index (χ3v) is 5.25. The minimum absolute atomic E-state index is 0.204. The molecule has 1 aromatic carbocycles. The summed E-state index contributed by atoms with van der Waals surface area (Å²) in [4.78, 5) is 25.3. The summed E-state index contributed by atoms with van der Waals surface area (Å²) in [5.74, 6) is 2.55. The van der Waals surface area contributed by atoms with Gasteiger partial charge in [0.15, 0.2) is 11.2 Å². The lowest BCUT2D eigenvalue weighted by Gasteiger charge is -2.29. The molecule has 7 heteroatoms. The van der Waals surface area contributed by atoms with E-state index < -0.39 is 17.2 Å². The van der Waals surface area contributed by atoms with Crippen LogP contribution in [0.3, 0.4) is 0 Å². The highest BCUT2D eigenvalue weighted by atomic mass is 16.5. The van der Waals surface area contributed by atoms with Gasteiger partial charge in [0.05, 0.1) is 14.2 Å². The van der Waals surface area contributed by atoms with Crippen LogP contribution in [0.15, 0.2) is 28.4 Å². The summed E-state index contributed by atoms with van der Waals surface area (Å²) in [7, 11) is 2.91. The third-order valence-electron chi connectivity index (χ3n) is 5.25. The topological polar surface area (TPSA) is 89.4 Å². The fraction of sp³-hybridized carbons (Fsp3) is 0.500. The summed E-state index contributed by atoms with van der Waals surface area (Å²) < 4.78 is 10.4. The summed E-state index contributed by atoms with van der Waals surface area (Å²) in [5.41, 5.74) is -0.0772. The number of ether oxygens (including phenoxy) is 2. The third kappa shape index (κ3) is 3.52. The van der Waals surface area contributed by atoms with Crippen LogP contribution >= 0.6 is 0 Å². The number of amides is 1. The Hall–Kier alpha value is -2.88. The minimum atomic E-state index is -1.19. The molecule has 142 valence electrons. The van der Waals surface area contributed by atoms with Gasteiger partial charge in [-0.3, -0.25) is 4.79 Å². The Bertz CT molecular complexity index is 821. The summed E-state index contributed by atoms with van der Waals surface area (Å²) in [6.45, 7) is 0. The van der Waals surface area contributed by atoms with Crippen molar-refractivity contribution < 1.29 is 19.1 Å². The van der Waals surface area contributed by atoms with E-state index in [1.54, 1.807) is 7.11 Å². The maximum atomic E-state index is 12.7. The van der Waals surface area contributed by atoms with Crippen molar-refractivity contribution in [3.8, 4) is 18.1 Å². The molecule has 1 aliphatic heterocycles. The molecule has 0 fully saturated rings. The van der Waals surface area contributed by atoms with Crippen LogP contribution in [0.4, 0.5) is 0 Å². The number of terminal acetylenes is 1. The molecule has 0 saturated heterocycles. The standard InChI is InChI=1S/C20H23N3O4/c1-4-5-11-19(22-23-19)12-10-17(24)21-20(18(25)27-3)13-9-14-15(20)7-6-8-16(14)26-2/h1,6-8H,5,9-13H2,2-3H3,(H,21,24). The average molecular weight is 369 g/mol. The van der Waals surface area contributed by atoms with Crippen LogP contribution < -0.4 is 10.1 Å². The second-order valence-corrected chi connectivity index (χ2v) is 6.82. The SMILES string of the molecule is C#CCCC1(CCC(=O)NC2(C(=O)OC)CCc3c(OC)cccc32)N=N1. The molecule has 2 aliphatic rings. The number of methoxy groups -OCH3 is 2. The zero-order valence-electron chi connectivity index (χ0n) is 15.6. The average Bonchev–Trinajstić information content (AvgIpc) is 3.38. The van der Waals surface area contributed by atoms with E-state index in [1.807, 2.05) is 18.2 Å². The molecule has 1 N–H and O–H groups in total. The monoisotopic (exact) mass is 369 g/mol.